The number of benzene rings is 1. The van der Waals surface area contributed by atoms with Crippen LogP contribution >= 0.6 is 0 Å². The number of rotatable bonds is 6. The first-order chi connectivity index (χ1) is 13.5. The number of nitrogen functional groups attached to an aromatic ring is 1. The zero-order valence-corrected chi connectivity index (χ0v) is 16.9. The molecule has 1 amide bonds. The second-order valence-electron chi connectivity index (χ2n) is 7.57. The van der Waals surface area contributed by atoms with Gasteiger partial charge in [0.05, 0.1) is 7.11 Å². The van der Waals surface area contributed by atoms with E-state index in [1.165, 1.54) is 0 Å². The van der Waals surface area contributed by atoms with Gasteiger partial charge in [-0.1, -0.05) is 6.07 Å². The molecule has 0 atom stereocenters. The summed E-state index contributed by atoms with van der Waals surface area (Å²) < 4.78 is 5.33. The fourth-order valence-corrected chi connectivity index (χ4v) is 3.79. The van der Waals surface area contributed by atoms with Crippen LogP contribution < -0.4 is 21.1 Å². The van der Waals surface area contributed by atoms with Gasteiger partial charge in [-0.05, 0) is 57.2 Å². The predicted octanol–water partition coefficient (Wildman–Crippen LogP) is 3.58. The van der Waals surface area contributed by atoms with E-state index in [1.54, 1.807) is 13.3 Å². The second kappa shape index (κ2) is 9.06. The van der Waals surface area contributed by atoms with Crippen molar-refractivity contribution in [3.05, 3.63) is 47.3 Å². The molecule has 0 unspecified atom stereocenters. The number of nitrogens with two attached hydrogens (primary N) is 1. The van der Waals surface area contributed by atoms with Gasteiger partial charge in [-0.25, -0.2) is 0 Å². The summed E-state index contributed by atoms with van der Waals surface area (Å²) in [6.07, 6.45) is 5.46. The van der Waals surface area contributed by atoms with Crippen LogP contribution in [0, 0.1) is 19.8 Å². The maximum absolute atomic E-state index is 12.6. The lowest BCUT2D eigenvalue weighted by Gasteiger charge is -2.29. The molecule has 0 spiro atoms. The number of nitrogens with zero attached hydrogens (tertiary/aromatic N) is 1. The van der Waals surface area contributed by atoms with E-state index in [1.807, 2.05) is 38.1 Å². The summed E-state index contributed by atoms with van der Waals surface area (Å²) in [6, 6.07) is 8.00. The van der Waals surface area contributed by atoms with E-state index in [9.17, 15) is 4.79 Å². The van der Waals surface area contributed by atoms with Crippen molar-refractivity contribution in [3.8, 4) is 5.75 Å². The monoisotopic (exact) mass is 382 g/mol. The van der Waals surface area contributed by atoms with Gasteiger partial charge >= 0.3 is 0 Å². The van der Waals surface area contributed by atoms with E-state index >= 15 is 0 Å². The maximum Gasteiger partial charge on any atom is 0.227 e. The highest BCUT2D eigenvalue weighted by Crippen LogP contribution is 2.28. The zero-order chi connectivity index (χ0) is 20.1. The molecule has 0 saturated heterocycles. The van der Waals surface area contributed by atoms with E-state index in [2.05, 4.69) is 15.6 Å². The molecule has 0 radical (unpaired) electrons. The molecule has 1 saturated carbocycles. The summed E-state index contributed by atoms with van der Waals surface area (Å²) in [6.45, 7) is 4.68. The highest BCUT2D eigenvalue weighted by atomic mass is 16.5. The number of amides is 1. The first-order valence-corrected chi connectivity index (χ1v) is 9.86. The molecule has 0 bridgehead atoms. The minimum absolute atomic E-state index is 0.0514. The van der Waals surface area contributed by atoms with E-state index < -0.39 is 0 Å². The van der Waals surface area contributed by atoms with Crippen LogP contribution in [0.3, 0.4) is 0 Å². The van der Waals surface area contributed by atoms with Crippen molar-refractivity contribution in [3.63, 3.8) is 0 Å². The van der Waals surface area contributed by atoms with Gasteiger partial charge in [-0.2, -0.15) is 0 Å². The Bertz CT molecular complexity index is 809. The van der Waals surface area contributed by atoms with Gasteiger partial charge < -0.3 is 21.1 Å². The van der Waals surface area contributed by atoms with Crippen molar-refractivity contribution in [2.75, 3.05) is 18.2 Å². The average molecular weight is 383 g/mol. The summed E-state index contributed by atoms with van der Waals surface area (Å²) in [5, 5.41) is 6.62. The van der Waals surface area contributed by atoms with Crippen LogP contribution in [0.1, 0.15) is 42.5 Å². The number of carbonyl (C=O) groups is 1. The standard InChI is InChI=1S/C22H30N4O2/c1-14-4-7-18(12-21(14)28-3)26-22(27)16-5-8-17(9-6-16)25-13-19-15(2)24-11-10-20(19)23/h4,7,10-12,16-17,25H,5-6,8-9,13H2,1-3H3,(H2,23,24)(H,26,27). The third-order valence-electron chi connectivity index (χ3n) is 5.65. The Morgan fingerprint density at radius 1 is 1.21 bits per heavy atom. The normalized spacial score (nSPS) is 19.2. The molecule has 0 aliphatic heterocycles. The van der Waals surface area contributed by atoms with Gasteiger partial charge in [0.25, 0.3) is 0 Å². The Kier molecular flexibility index (Phi) is 6.52. The highest BCUT2D eigenvalue weighted by Gasteiger charge is 2.26. The van der Waals surface area contributed by atoms with Gasteiger partial charge in [0.15, 0.2) is 0 Å². The Morgan fingerprint density at radius 3 is 2.64 bits per heavy atom. The Hall–Kier alpha value is -2.60. The third kappa shape index (κ3) is 4.81. The predicted molar refractivity (Wildman–Crippen MR) is 112 cm³/mol. The van der Waals surface area contributed by atoms with Crippen LogP contribution in [0.2, 0.25) is 0 Å². The van der Waals surface area contributed by atoms with Crippen molar-refractivity contribution in [2.24, 2.45) is 5.92 Å². The summed E-state index contributed by atoms with van der Waals surface area (Å²) >= 11 is 0. The molecule has 1 aromatic carbocycles. The smallest absolute Gasteiger partial charge is 0.227 e. The fourth-order valence-electron chi connectivity index (χ4n) is 3.79. The Labute approximate surface area is 166 Å². The first-order valence-electron chi connectivity index (χ1n) is 9.86. The molecule has 6 heteroatoms. The number of hydrogen-bond donors (Lipinski definition) is 3. The van der Waals surface area contributed by atoms with Crippen LogP contribution in [0.25, 0.3) is 0 Å². The summed E-state index contributed by atoms with van der Waals surface area (Å²) in [7, 11) is 1.64. The number of hydrogen-bond acceptors (Lipinski definition) is 5. The van der Waals surface area contributed by atoms with Crippen LogP contribution in [0.15, 0.2) is 30.5 Å². The molecular formula is C22H30N4O2. The number of anilines is 2. The maximum atomic E-state index is 12.6. The molecule has 28 heavy (non-hydrogen) atoms. The molecule has 3 rings (SSSR count). The summed E-state index contributed by atoms with van der Waals surface area (Å²) in [4.78, 5) is 16.9. The van der Waals surface area contributed by atoms with Gasteiger partial charge in [-0.3, -0.25) is 9.78 Å². The molecule has 4 N–H and O–H groups in total. The highest BCUT2D eigenvalue weighted by molar-refractivity contribution is 5.92. The Morgan fingerprint density at radius 2 is 1.96 bits per heavy atom. The molecular weight excluding hydrogens is 352 g/mol. The minimum Gasteiger partial charge on any atom is -0.496 e. The molecule has 2 aromatic rings. The average Bonchev–Trinajstić information content (AvgIpc) is 2.69. The topological polar surface area (TPSA) is 89.3 Å². The Balaban J connectivity index is 1.49. The molecule has 1 heterocycles. The molecule has 1 aliphatic carbocycles. The van der Waals surface area contributed by atoms with E-state index in [4.69, 9.17) is 10.5 Å². The van der Waals surface area contributed by atoms with Crippen LogP contribution in [0.5, 0.6) is 5.75 Å². The lowest BCUT2D eigenvalue weighted by molar-refractivity contribution is -0.120. The summed E-state index contributed by atoms with van der Waals surface area (Å²) in [5.41, 5.74) is 10.7. The van der Waals surface area contributed by atoms with E-state index in [-0.39, 0.29) is 11.8 Å². The quantitative estimate of drug-likeness (QED) is 0.711. The van der Waals surface area contributed by atoms with Crippen molar-refractivity contribution >= 4 is 17.3 Å². The molecule has 1 aromatic heterocycles. The van der Waals surface area contributed by atoms with Crippen molar-refractivity contribution in [1.82, 2.24) is 10.3 Å². The number of carbonyl (C=O) groups excluding carboxylic acids is 1. The van der Waals surface area contributed by atoms with E-state index in [0.717, 1.165) is 66.2 Å². The molecule has 6 nitrogen and oxygen atoms in total. The number of aryl methyl sites for hydroxylation is 2. The minimum atomic E-state index is 0.0514. The lowest BCUT2D eigenvalue weighted by atomic mass is 9.85. The van der Waals surface area contributed by atoms with Crippen LogP contribution in [-0.2, 0) is 11.3 Å². The number of aromatic nitrogens is 1. The molecule has 1 fully saturated rings. The van der Waals surface area contributed by atoms with Crippen molar-refractivity contribution in [2.45, 2.75) is 52.1 Å². The molecule has 1 aliphatic rings. The number of nitrogens with one attached hydrogen (secondary N) is 2. The van der Waals surface area contributed by atoms with Crippen LogP contribution in [-0.4, -0.2) is 24.0 Å². The third-order valence-corrected chi connectivity index (χ3v) is 5.65. The molecule has 150 valence electrons. The van der Waals surface area contributed by atoms with Gasteiger partial charge in [0, 0.05) is 53.4 Å². The van der Waals surface area contributed by atoms with Gasteiger partial charge in [0.2, 0.25) is 5.91 Å². The SMILES string of the molecule is COc1cc(NC(=O)C2CCC(NCc3c(N)ccnc3C)CC2)ccc1C. The number of ether oxygens (including phenoxy) is 1. The zero-order valence-electron chi connectivity index (χ0n) is 16.9. The second-order valence-corrected chi connectivity index (χ2v) is 7.57. The fraction of sp³-hybridized carbons (Fsp3) is 0.455. The van der Waals surface area contributed by atoms with E-state index in [0.29, 0.717) is 6.04 Å². The first kappa shape index (κ1) is 20.1. The summed E-state index contributed by atoms with van der Waals surface area (Å²) in [5.74, 6) is 0.933. The number of pyridine rings is 1. The van der Waals surface area contributed by atoms with Gasteiger partial charge in [-0.15, -0.1) is 0 Å². The van der Waals surface area contributed by atoms with Crippen molar-refractivity contribution in [1.29, 1.82) is 0 Å². The largest absolute Gasteiger partial charge is 0.496 e. The number of methoxy groups -OCH3 is 1. The van der Waals surface area contributed by atoms with Gasteiger partial charge in [0.1, 0.15) is 5.75 Å². The van der Waals surface area contributed by atoms with Crippen LogP contribution in [0.4, 0.5) is 11.4 Å². The van der Waals surface area contributed by atoms with Crippen molar-refractivity contribution < 1.29 is 9.53 Å². The lowest BCUT2D eigenvalue weighted by Crippen LogP contribution is -2.36.